The van der Waals surface area contributed by atoms with Crippen molar-refractivity contribution in [2.75, 3.05) is 20.6 Å². The Morgan fingerprint density at radius 1 is 1.46 bits per heavy atom. The molecule has 0 aromatic carbocycles. The summed E-state index contributed by atoms with van der Waals surface area (Å²) in [5.41, 5.74) is 7.14. The van der Waals surface area contributed by atoms with Gasteiger partial charge in [-0.15, -0.1) is 24.8 Å². The lowest BCUT2D eigenvalue weighted by molar-refractivity contribution is 0.377. The second-order valence-electron chi connectivity index (χ2n) is 2.93. The number of halogens is 2. The molecule has 0 radical (unpaired) electrons. The van der Waals surface area contributed by atoms with Crippen LogP contribution in [-0.4, -0.2) is 25.5 Å². The fourth-order valence-corrected chi connectivity index (χ4v) is 1.71. The van der Waals surface area contributed by atoms with Crippen LogP contribution < -0.4 is 5.73 Å². The fraction of sp³-hybridized carbons (Fsp3) is 0.500. The maximum atomic E-state index is 5.91. The summed E-state index contributed by atoms with van der Waals surface area (Å²) in [6.07, 6.45) is 0. The van der Waals surface area contributed by atoms with Gasteiger partial charge in [-0.25, -0.2) is 0 Å². The van der Waals surface area contributed by atoms with Gasteiger partial charge in [0.2, 0.25) is 0 Å². The van der Waals surface area contributed by atoms with Crippen molar-refractivity contribution in [3.8, 4) is 0 Å². The van der Waals surface area contributed by atoms with E-state index >= 15 is 0 Å². The number of likely N-dealkylation sites (N-methyl/N-ethyl adjacent to an activating group) is 1. The summed E-state index contributed by atoms with van der Waals surface area (Å²) in [5.74, 6) is 0. The third kappa shape index (κ3) is 5.49. The highest BCUT2D eigenvalue weighted by atomic mass is 35.5. The lowest BCUT2D eigenvalue weighted by Gasteiger charge is -2.15. The summed E-state index contributed by atoms with van der Waals surface area (Å²) in [5, 5.41) is 4.17. The van der Waals surface area contributed by atoms with Gasteiger partial charge < -0.3 is 10.6 Å². The van der Waals surface area contributed by atoms with Crippen molar-refractivity contribution in [3.05, 3.63) is 22.4 Å². The molecule has 0 aliphatic heterocycles. The predicted octanol–water partition coefficient (Wildman–Crippen LogP) is 2.15. The third-order valence-corrected chi connectivity index (χ3v) is 2.23. The molecule has 1 rings (SSSR count). The van der Waals surface area contributed by atoms with Crippen molar-refractivity contribution < 1.29 is 0 Å². The van der Waals surface area contributed by atoms with Crippen LogP contribution in [0, 0.1) is 0 Å². The minimum atomic E-state index is 0. The average molecular weight is 243 g/mol. The van der Waals surface area contributed by atoms with E-state index in [0.29, 0.717) is 0 Å². The second kappa shape index (κ2) is 7.59. The van der Waals surface area contributed by atoms with Gasteiger partial charge in [0.05, 0.1) is 0 Å². The van der Waals surface area contributed by atoms with Gasteiger partial charge in [-0.1, -0.05) is 0 Å². The fourth-order valence-electron chi connectivity index (χ4n) is 0.985. The van der Waals surface area contributed by atoms with Crippen LogP contribution in [0.3, 0.4) is 0 Å². The minimum absolute atomic E-state index is 0. The molecule has 1 aromatic heterocycles. The number of rotatable bonds is 3. The highest BCUT2D eigenvalue weighted by Gasteiger charge is 2.05. The maximum Gasteiger partial charge on any atom is 0.0432 e. The van der Waals surface area contributed by atoms with E-state index in [9.17, 15) is 0 Å². The Kier molecular flexibility index (Phi) is 9.14. The van der Waals surface area contributed by atoms with Gasteiger partial charge in [0, 0.05) is 12.6 Å². The molecule has 78 valence electrons. The van der Waals surface area contributed by atoms with E-state index in [-0.39, 0.29) is 30.9 Å². The van der Waals surface area contributed by atoms with Gasteiger partial charge in [-0.2, -0.15) is 11.3 Å². The largest absolute Gasteiger partial charge is 0.323 e. The molecular weight excluding hydrogens is 227 g/mol. The maximum absolute atomic E-state index is 5.91. The molecule has 0 saturated carbocycles. The molecule has 1 unspecified atom stereocenters. The molecule has 1 aromatic rings. The van der Waals surface area contributed by atoms with Crippen molar-refractivity contribution in [2.45, 2.75) is 6.04 Å². The van der Waals surface area contributed by atoms with Crippen molar-refractivity contribution in [2.24, 2.45) is 5.73 Å². The molecule has 0 aliphatic carbocycles. The first-order valence-corrected chi connectivity index (χ1v) is 4.57. The Morgan fingerprint density at radius 3 is 2.46 bits per heavy atom. The monoisotopic (exact) mass is 242 g/mol. The SMILES string of the molecule is CN(C)CC(N)c1ccsc1.Cl.Cl. The minimum Gasteiger partial charge on any atom is -0.323 e. The molecule has 0 bridgehead atoms. The van der Waals surface area contributed by atoms with Gasteiger partial charge in [0.1, 0.15) is 0 Å². The molecule has 0 fully saturated rings. The Bertz CT molecular complexity index is 202. The molecule has 1 heterocycles. The first-order valence-electron chi connectivity index (χ1n) is 3.62. The Balaban J connectivity index is 0. The van der Waals surface area contributed by atoms with Crippen LogP contribution in [0.5, 0.6) is 0 Å². The van der Waals surface area contributed by atoms with Crippen LogP contribution in [-0.2, 0) is 0 Å². The molecule has 0 amide bonds. The van der Waals surface area contributed by atoms with E-state index in [1.54, 1.807) is 11.3 Å². The normalized spacial score (nSPS) is 11.7. The average Bonchev–Trinajstić information content (AvgIpc) is 2.35. The summed E-state index contributed by atoms with van der Waals surface area (Å²) in [6.45, 7) is 0.913. The third-order valence-electron chi connectivity index (χ3n) is 1.53. The summed E-state index contributed by atoms with van der Waals surface area (Å²) in [7, 11) is 4.07. The highest BCUT2D eigenvalue weighted by Crippen LogP contribution is 2.13. The molecule has 2 nitrogen and oxygen atoms in total. The quantitative estimate of drug-likeness (QED) is 0.881. The second-order valence-corrected chi connectivity index (χ2v) is 3.71. The van der Waals surface area contributed by atoms with Crippen molar-refractivity contribution >= 4 is 36.2 Å². The zero-order valence-electron chi connectivity index (χ0n) is 7.77. The number of thiophene rings is 1. The summed E-state index contributed by atoms with van der Waals surface area (Å²) in [6, 6.07) is 2.25. The van der Waals surface area contributed by atoms with Crippen molar-refractivity contribution in [3.63, 3.8) is 0 Å². The van der Waals surface area contributed by atoms with Gasteiger partial charge in [0.25, 0.3) is 0 Å². The summed E-state index contributed by atoms with van der Waals surface area (Å²) < 4.78 is 0. The molecule has 0 aliphatic rings. The van der Waals surface area contributed by atoms with Gasteiger partial charge in [-0.3, -0.25) is 0 Å². The zero-order valence-corrected chi connectivity index (χ0v) is 10.2. The Labute approximate surface area is 95.9 Å². The van der Waals surface area contributed by atoms with E-state index in [4.69, 9.17) is 5.73 Å². The van der Waals surface area contributed by atoms with Crippen LogP contribution in [0.15, 0.2) is 16.8 Å². The van der Waals surface area contributed by atoms with E-state index in [1.165, 1.54) is 5.56 Å². The molecule has 0 spiro atoms. The van der Waals surface area contributed by atoms with E-state index in [2.05, 4.69) is 21.7 Å². The number of nitrogens with two attached hydrogens (primary N) is 1. The summed E-state index contributed by atoms with van der Waals surface area (Å²) in [4.78, 5) is 2.10. The van der Waals surface area contributed by atoms with Gasteiger partial charge in [-0.05, 0) is 36.5 Å². The van der Waals surface area contributed by atoms with E-state index < -0.39 is 0 Å². The van der Waals surface area contributed by atoms with Crippen LogP contribution in [0.1, 0.15) is 11.6 Å². The van der Waals surface area contributed by atoms with Crippen LogP contribution in [0.4, 0.5) is 0 Å². The van der Waals surface area contributed by atoms with Crippen molar-refractivity contribution in [1.29, 1.82) is 0 Å². The lowest BCUT2D eigenvalue weighted by atomic mass is 10.1. The van der Waals surface area contributed by atoms with E-state index in [0.717, 1.165) is 6.54 Å². The van der Waals surface area contributed by atoms with Crippen molar-refractivity contribution in [1.82, 2.24) is 4.90 Å². The standard InChI is InChI=1S/C8H14N2S.2ClH/c1-10(2)5-8(9)7-3-4-11-6-7;;/h3-4,6,8H,5,9H2,1-2H3;2*1H. The molecule has 13 heavy (non-hydrogen) atoms. The number of hydrogen-bond donors (Lipinski definition) is 1. The predicted molar refractivity (Wildman–Crippen MR) is 64.3 cm³/mol. The van der Waals surface area contributed by atoms with E-state index in [1.807, 2.05) is 14.1 Å². The molecule has 0 saturated heterocycles. The molecule has 1 atom stereocenters. The zero-order chi connectivity index (χ0) is 8.27. The highest BCUT2D eigenvalue weighted by molar-refractivity contribution is 7.07. The lowest BCUT2D eigenvalue weighted by Crippen LogP contribution is -2.25. The van der Waals surface area contributed by atoms with Gasteiger partial charge >= 0.3 is 0 Å². The molecule has 5 heteroatoms. The topological polar surface area (TPSA) is 29.3 Å². The van der Waals surface area contributed by atoms with Crippen LogP contribution >= 0.6 is 36.2 Å². The number of hydrogen-bond acceptors (Lipinski definition) is 3. The summed E-state index contributed by atoms with van der Waals surface area (Å²) >= 11 is 1.70. The number of nitrogens with zero attached hydrogens (tertiary/aromatic N) is 1. The first-order chi connectivity index (χ1) is 5.20. The van der Waals surface area contributed by atoms with Crippen LogP contribution in [0.25, 0.3) is 0 Å². The molecular formula is C8H16Cl2N2S. The Morgan fingerprint density at radius 2 is 2.08 bits per heavy atom. The first kappa shape index (κ1) is 15.7. The van der Waals surface area contributed by atoms with Crippen LogP contribution in [0.2, 0.25) is 0 Å². The molecule has 2 N–H and O–H groups in total. The van der Waals surface area contributed by atoms with Gasteiger partial charge in [0.15, 0.2) is 0 Å². The Hall–Kier alpha value is 0.200. The smallest absolute Gasteiger partial charge is 0.0432 e.